The quantitative estimate of drug-likeness (QED) is 0.524. The highest BCUT2D eigenvalue weighted by Gasteiger charge is 2.09. The lowest BCUT2D eigenvalue weighted by Crippen LogP contribution is -2.24. The molecule has 1 aromatic heterocycles. The van der Waals surface area contributed by atoms with Crippen LogP contribution in [0.1, 0.15) is 5.56 Å². The highest BCUT2D eigenvalue weighted by Crippen LogP contribution is 2.23. The normalized spacial score (nSPS) is 10.6. The second-order valence-corrected chi connectivity index (χ2v) is 6.26. The van der Waals surface area contributed by atoms with E-state index in [0.29, 0.717) is 11.7 Å². The van der Waals surface area contributed by atoms with Gasteiger partial charge in [0.1, 0.15) is 11.6 Å². The molecule has 0 atom stereocenters. The molecule has 2 N–H and O–H groups in total. The van der Waals surface area contributed by atoms with E-state index in [1.54, 1.807) is 19.2 Å². The number of rotatable bonds is 6. The summed E-state index contributed by atoms with van der Waals surface area (Å²) in [5.41, 5.74) is 1.68. The first kappa shape index (κ1) is 17.2. The summed E-state index contributed by atoms with van der Waals surface area (Å²) in [6, 6.07) is 13.8. The van der Waals surface area contributed by atoms with E-state index in [1.165, 1.54) is 23.9 Å². The molecule has 0 aliphatic carbocycles. The van der Waals surface area contributed by atoms with E-state index in [1.807, 2.05) is 24.3 Å². The molecule has 25 heavy (non-hydrogen) atoms. The van der Waals surface area contributed by atoms with Gasteiger partial charge >= 0.3 is 0 Å². The molecule has 0 spiro atoms. The number of anilines is 1. The Hall–Kier alpha value is -2.67. The van der Waals surface area contributed by atoms with Crippen LogP contribution in [0.25, 0.3) is 10.9 Å². The predicted molar refractivity (Wildman–Crippen MR) is 98.1 cm³/mol. The van der Waals surface area contributed by atoms with E-state index in [4.69, 9.17) is 0 Å². The Morgan fingerprint density at radius 3 is 2.64 bits per heavy atom. The van der Waals surface area contributed by atoms with Gasteiger partial charge in [-0.2, -0.15) is 0 Å². The molecule has 0 fully saturated rings. The van der Waals surface area contributed by atoms with Crippen LogP contribution in [0.3, 0.4) is 0 Å². The third-order valence-electron chi connectivity index (χ3n) is 3.55. The molecule has 0 aliphatic rings. The Bertz CT molecular complexity index is 886. The molecule has 0 saturated heterocycles. The second-order valence-electron chi connectivity index (χ2n) is 5.31. The number of amides is 1. The van der Waals surface area contributed by atoms with Gasteiger partial charge in [0.05, 0.1) is 11.3 Å². The van der Waals surface area contributed by atoms with Gasteiger partial charge < -0.3 is 10.6 Å². The number of nitrogens with zero attached hydrogens (tertiary/aromatic N) is 2. The van der Waals surface area contributed by atoms with Crippen LogP contribution in [-0.2, 0) is 11.3 Å². The van der Waals surface area contributed by atoms with Crippen molar-refractivity contribution < 1.29 is 9.18 Å². The molecule has 1 heterocycles. The summed E-state index contributed by atoms with van der Waals surface area (Å²) in [7, 11) is 1.80. The van der Waals surface area contributed by atoms with E-state index in [2.05, 4.69) is 20.6 Å². The summed E-state index contributed by atoms with van der Waals surface area (Å²) in [5.74, 6) is 0.527. The van der Waals surface area contributed by atoms with Crippen LogP contribution in [0.15, 0.2) is 53.7 Å². The zero-order valence-corrected chi connectivity index (χ0v) is 14.4. The molecular formula is C18H17FN4OS. The number of hydrogen-bond donors (Lipinski definition) is 2. The van der Waals surface area contributed by atoms with Crippen molar-refractivity contribution in [2.75, 3.05) is 18.1 Å². The van der Waals surface area contributed by atoms with Crippen LogP contribution in [0.4, 0.5) is 10.2 Å². The molecule has 1 amide bonds. The zero-order chi connectivity index (χ0) is 17.6. The average Bonchev–Trinajstić information content (AvgIpc) is 2.65. The lowest BCUT2D eigenvalue weighted by Gasteiger charge is -2.08. The molecule has 0 saturated carbocycles. The fraction of sp³-hybridized carbons (Fsp3) is 0.167. The van der Waals surface area contributed by atoms with Crippen LogP contribution in [-0.4, -0.2) is 28.7 Å². The van der Waals surface area contributed by atoms with Gasteiger partial charge in [-0.1, -0.05) is 36.0 Å². The summed E-state index contributed by atoms with van der Waals surface area (Å²) < 4.78 is 12.9. The summed E-state index contributed by atoms with van der Waals surface area (Å²) in [4.78, 5) is 20.9. The number of para-hydroxylation sites is 1. The maximum absolute atomic E-state index is 12.9. The lowest BCUT2D eigenvalue weighted by atomic mass is 10.2. The van der Waals surface area contributed by atoms with Gasteiger partial charge in [0.2, 0.25) is 5.91 Å². The van der Waals surface area contributed by atoms with Crippen LogP contribution in [0.2, 0.25) is 0 Å². The van der Waals surface area contributed by atoms with Gasteiger partial charge in [0, 0.05) is 19.0 Å². The van der Waals surface area contributed by atoms with Crippen molar-refractivity contribution in [2.45, 2.75) is 11.7 Å². The molecule has 0 radical (unpaired) electrons. The number of benzene rings is 2. The molecule has 0 bridgehead atoms. The van der Waals surface area contributed by atoms with Gasteiger partial charge in [-0.15, -0.1) is 0 Å². The highest BCUT2D eigenvalue weighted by molar-refractivity contribution is 7.99. The molecule has 0 aliphatic heterocycles. The maximum Gasteiger partial charge on any atom is 0.230 e. The molecule has 0 unspecified atom stereocenters. The van der Waals surface area contributed by atoms with Crippen molar-refractivity contribution in [3.8, 4) is 0 Å². The third-order valence-corrected chi connectivity index (χ3v) is 4.40. The highest BCUT2D eigenvalue weighted by atomic mass is 32.2. The first-order chi connectivity index (χ1) is 12.2. The van der Waals surface area contributed by atoms with E-state index in [0.717, 1.165) is 22.3 Å². The van der Waals surface area contributed by atoms with Crippen molar-refractivity contribution in [1.82, 2.24) is 15.3 Å². The predicted octanol–water partition coefficient (Wildman–Crippen LogP) is 3.22. The smallest absolute Gasteiger partial charge is 0.230 e. The van der Waals surface area contributed by atoms with Crippen LogP contribution in [0.5, 0.6) is 0 Å². The number of aromatic nitrogens is 2. The Labute approximate surface area is 149 Å². The van der Waals surface area contributed by atoms with Gasteiger partial charge in [0.15, 0.2) is 5.16 Å². The Kier molecular flexibility index (Phi) is 5.45. The number of carbonyl (C=O) groups excluding carboxylic acids is 1. The summed E-state index contributed by atoms with van der Waals surface area (Å²) in [6.07, 6.45) is 0. The number of hydrogen-bond acceptors (Lipinski definition) is 5. The first-order valence-electron chi connectivity index (χ1n) is 7.74. The van der Waals surface area contributed by atoms with E-state index < -0.39 is 0 Å². The van der Waals surface area contributed by atoms with Gasteiger partial charge in [-0.25, -0.2) is 14.4 Å². The number of carbonyl (C=O) groups is 1. The van der Waals surface area contributed by atoms with Gasteiger partial charge in [-0.05, 0) is 29.8 Å². The van der Waals surface area contributed by atoms with Crippen molar-refractivity contribution >= 4 is 34.4 Å². The maximum atomic E-state index is 12.9. The topological polar surface area (TPSA) is 66.9 Å². The number of fused-ring (bicyclic) bond motifs is 1. The number of nitrogens with one attached hydrogen (secondary N) is 2. The van der Waals surface area contributed by atoms with Crippen LogP contribution < -0.4 is 10.6 Å². The zero-order valence-electron chi connectivity index (χ0n) is 13.6. The molecule has 3 aromatic rings. The average molecular weight is 356 g/mol. The molecular weight excluding hydrogens is 339 g/mol. The monoisotopic (exact) mass is 356 g/mol. The minimum Gasteiger partial charge on any atom is -0.372 e. The largest absolute Gasteiger partial charge is 0.372 e. The second kappa shape index (κ2) is 7.94. The number of halogens is 1. The molecule has 5 nitrogen and oxygen atoms in total. The van der Waals surface area contributed by atoms with Crippen molar-refractivity contribution in [2.24, 2.45) is 0 Å². The number of thioether (sulfide) groups is 1. The summed E-state index contributed by atoms with van der Waals surface area (Å²) >= 11 is 1.28. The van der Waals surface area contributed by atoms with Crippen molar-refractivity contribution in [1.29, 1.82) is 0 Å². The SMILES string of the molecule is CNc1nc(SCC(=O)NCc2ccc(F)cc2)nc2ccccc12. The van der Waals surface area contributed by atoms with Crippen LogP contribution >= 0.6 is 11.8 Å². The third kappa shape index (κ3) is 4.45. The first-order valence-corrected chi connectivity index (χ1v) is 8.73. The van der Waals surface area contributed by atoms with Crippen molar-refractivity contribution in [3.63, 3.8) is 0 Å². The Balaban J connectivity index is 1.60. The van der Waals surface area contributed by atoms with E-state index >= 15 is 0 Å². The van der Waals surface area contributed by atoms with Crippen molar-refractivity contribution in [3.05, 3.63) is 59.9 Å². The molecule has 7 heteroatoms. The Morgan fingerprint density at radius 1 is 1.12 bits per heavy atom. The minimum atomic E-state index is -0.292. The van der Waals surface area contributed by atoms with E-state index in [9.17, 15) is 9.18 Å². The summed E-state index contributed by atoms with van der Waals surface area (Å²) in [6.45, 7) is 0.361. The Morgan fingerprint density at radius 2 is 1.88 bits per heavy atom. The minimum absolute atomic E-state index is 0.128. The fourth-order valence-corrected chi connectivity index (χ4v) is 2.98. The molecule has 3 rings (SSSR count). The molecule has 128 valence electrons. The lowest BCUT2D eigenvalue weighted by molar-refractivity contribution is -0.118. The molecule has 2 aromatic carbocycles. The van der Waals surface area contributed by atoms with E-state index in [-0.39, 0.29) is 17.5 Å². The van der Waals surface area contributed by atoms with Crippen LogP contribution in [0, 0.1) is 5.82 Å². The van der Waals surface area contributed by atoms with Gasteiger partial charge in [0.25, 0.3) is 0 Å². The standard InChI is InChI=1S/C18H17FN4OS/c1-20-17-14-4-2-3-5-15(14)22-18(23-17)25-11-16(24)21-10-12-6-8-13(19)9-7-12/h2-9H,10-11H2,1H3,(H,21,24)(H,20,22,23). The van der Waals surface area contributed by atoms with Gasteiger partial charge in [-0.3, -0.25) is 4.79 Å². The fourth-order valence-electron chi connectivity index (χ4n) is 2.29. The summed E-state index contributed by atoms with van der Waals surface area (Å²) in [5, 5.41) is 7.34.